The molecule has 0 amide bonds. The molecule has 6 heteroatoms. The van der Waals surface area contributed by atoms with Crippen molar-refractivity contribution < 1.29 is 25.2 Å². The Balaban J connectivity index is 4.83. The Kier molecular flexibility index (Phi) is 6.42. The van der Waals surface area contributed by atoms with E-state index in [4.69, 9.17) is 20.4 Å². The monoisotopic (exact) mass is 221 g/mol. The molecule has 0 aliphatic rings. The van der Waals surface area contributed by atoms with Gasteiger partial charge in [0.1, 0.15) is 5.54 Å². The van der Waals surface area contributed by atoms with Crippen LogP contribution in [0.2, 0.25) is 0 Å². The highest BCUT2D eigenvalue weighted by Crippen LogP contribution is 2.22. The lowest BCUT2D eigenvalue weighted by Crippen LogP contribution is -2.55. The lowest BCUT2D eigenvalue weighted by molar-refractivity contribution is -0.153. The van der Waals surface area contributed by atoms with Gasteiger partial charge in [0, 0.05) is 19.8 Å². The zero-order valence-corrected chi connectivity index (χ0v) is 8.89. The van der Waals surface area contributed by atoms with E-state index in [1.54, 1.807) is 7.05 Å². The third kappa shape index (κ3) is 3.42. The molecule has 0 fully saturated rings. The van der Waals surface area contributed by atoms with Gasteiger partial charge in [-0.05, 0) is 19.9 Å². The standard InChI is InChI=1S/C9H19NO5/c1-10(4-7-13)9(2-5-11,3-6-12)8(14)15/h11-13H,2-7H2,1H3,(H,14,15). The van der Waals surface area contributed by atoms with Crippen molar-refractivity contribution in [3.8, 4) is 0 Å². The Hall–Kier alpha value is -0.690. The normalized spacial score (nSPS) is 12.1. The lowest BCUT2D eigenvalue weighted by atomic mass is 9.90. The quantitative estimate of drug-likeness (QED) is 0.398. The van der Waals surface area contributed by atoms with Crippen LogP contribution in [0, 0.1) is 0 Å². The number of hydrogen-bond acceptors (Lipinski definition) is 5. The van der Waals surface area contributed by atoms with Gasteiger partial charge >= 0.3 is 5.97 Å². The highest BCUT2D eigenvalue weighted by molar-refractivity contribution is 5.78. The fourth-order valence-electron chi connectivity index (χ4n) is 1.62. The van der Waals surface area contributed by atoms with Gasteiger partial charge in [0.05, 0.1) is 6.61 Å². The van der Waals surface area contributed by atoms with Crippen molar-refractivity contribution in [3.05, 3.63) is 0 Å². The molecule has 4 N–H and O–H groups in total. The maximum Gasteiger partial charge on any atom is 0.324 e. The molecule has 15 heavy (non-hydrogen) atoms. The first kappa shape index (κ1) is 14.3. The minimum atomic E-state index is -1.30. The summed E-state index contributed by atoms with van der Waals surface area (Å²) in [5.74, 6) is -1.10. The molecule has 0 aromatic rings. The zero-order chi connectivity index (χ0) is 11.9. The SMILES string of the molecule is CN(CCO)C(CCO)(CCO)C(=O)O. The molecule has 0 atom stereocenters. The van der Waals surface area contributed by atoms with E-state index in [9.17, 15) is 4.79 Å². The lowest BCUT2D eigenvalue weighted by Gasteiger charge is -2.37. The summed E-state index contributed by atoms with van der Waals surface area (Å²) in [6.07, 6.45) is 0.0544. The molecule has 0 saturated carbocycles. The maximum absolute atomic E-state index is 11.2. The van der Waals surface area contributed by atoms with Crippen LogP contribution in [0.25, 0.3) is 0 Å². The summed E-state index contributed by atoms with van der Waals surface area (Å²) in [7, 11) is 1.55. The van der Waals surface area contributed by atoms with Gasteiger partial charge in [0.15, 0.2) is 0 Å². The van der Waals surface area contributed by atoms with Crippen molar-refractivity contribution in [2.45, 2.75) is 18.4 Å². The largest absolute Gasteiger partial charge is 0.480 e. The van der Waals surface area contributed by atoms with E-state index in [2.05, 4.69) is 0 Å². The number of aliphatic hydroxyl groups is 3. The van der Waals surface area contributed by atoms with E-state index in [1.807, 2.05) is 0 Å². The van der Waals surface area contributed by atoms with Crippen LogP contribution in [0.1, 0.15) is 12.8 Å². The summed E-state index contributed by atoms with van der Waals surface area (Å²) in [5, 5.41) is 35.6. The van der Waals surface area contributed by atoms with Crippen LogP contribution in [-0.4, -0.2) is 70.2 Å². The van der Waals surface area contributed by atoms with Crippen molar-refractivity contribution in [1.29, 1.82) is 0 Å². The Labute approximate surface area is 88.8 Å². The molecular formula is C9H19NO5. The molecule has 0 unspecified atom stereocenters. The molecule has 0 spiro atoms. The molecule has 90 valence electrons. The number of nitrogens with zero attached hydrogens (tertiary/aromatic N) is 1. The van der Waals surface area contributed by atoms with Crippen LogP contribution in [-0.2, 0) is 4.79 Å². The number of β-amino-alcohol motifs (C(OH)–C–C–N with tert-alkyl or cyclic N) is 1. The highest BCUT2D eigenvalue weighted by Gasteiger charge is 2.41. The number of aliphatic hydroxyl groups excluding tert-OH is 3. The molecule has 6 nitrogen and oxygen atoms in total. The van der Waals surface area contributed by atoms with Gasteiger partial charge in [-0.25, -0.2) is 0 Å². The number of carboxylic acid groups (broad SMARTS) is 1. The molecule has 0 aromatic heterocycles. The van der Waals surface area contributed by atoms with Gasteiger partial charge in [-0.15, -0.1) is 0 Å². The van der Waals surface area contributed by atoms with E-state index in [1.165, 1.54) is 4.90 Å². The molecule has 0 rings (SSSR count). The van der Waals surface area contributed by atoms with Gasteiger partial charge in [-0.3, -0.25) is 9.69 Å². The molecule has 0 heterocycles. The zero-order valence-electron chi connectivity index (χ0n) is 8.89. The summed E-state index contributed by atoms with van der Waals surface area (Å²) in [6, 6.07) is 0. The number of hydrogen-bond donors (Lipinski definition) is 4. The van der Waals surface area contributed by atoms with Crippen LogP contribution in [0.3, 0.4) is 0 Å². The molecule has 0 aromatic carbocycles. The van der Waals surface area contributed by atoms with Gasteiger partial charge in [-0.1, -0.05) is 0 Å². The summed E-state index contributed by atoms with van der Waals surface area (Å²) in [6.45, 7) is -0.529. The fraction of sp³-hybridized carbons (Fsp3) is 0.889. The van der Waals surface area contributed by atoms with Crippen molar-refractivity contribution in [2.24, 2.45) is 0 Å². The Morgan fingerprint density at radius 3 is 1.87 bits per heavy atom. The number of carboxylic acids is 1. The van der Waals surface area contributed by atoms with E-state index in [0.717, 1.165) is 0 Å². The minimum absolute atomic E-state index is 0.0272. The minimum Gasteiger partial charge on any atom is -0.480 e. The second kappa shape index (κ2) is 6.73. The van der Waals surface area contributed by atoms with Crippen molar-refractivity contribution >= 4 is 5.97 Å². The topological polar surface area (TPSA) is 101 Å². The van der Waals surface area contributed by atoms with Gasteiger partial charge in [-0.2, -0.15) is 0 Å². The second-order valence-electron chi connectivity index (χ2n) is 3.43. The smallest absolute Gasteiger partial charge is 0.324 e. The molecule has 0 aliphatic heterocycles. The van der Waals surface area contributed by atoms with Crippen molar-refractivity contribution in [1.82, 2.24) is 4.90 Å². The van der Waals surface area contributed by atoms with Crippen LogP contribution >= 0.6 is 0 Å². The Morgan fingerprint density at radius 1 is 1.13 bits per heavy atom. The van der Waals surface area contributed by atoms with Crippen LogP contribution in [0.5, 0.6) is 0 Å². The highest BCUT2D eigenvalue weighted by atomic mass is 16.4. The summed E-state index contributed by atoms with van der Waals surface area (Å²) in [5.41, 5.74) is -1.30. The van der Waals surface area contributed by atoms with Crippen LogP contribution in [0.4, 0.5) is 0 Å². The van der Waals surface area contributed by atoms with E-state index >= 15 is 0 Å². The second-order valence-corrected chi connectivity index (χ2v) is 3.43. The molecule has 0 radical (unpaired) electrons. The van der Waals surface area contributed by atoms with E-state index < -0.39 is 11.5 Å². The number of carbonyl (C=O) groups is 1. The molecule has 0 aliphatic carbocycles. The van der Waals surface area contributed by atoms with Gasteiger partial charge in [0.25, 0.3) is 0 Å². The maximum atomic E-state index is 11.2. The molecular weight excluding hydrogens is 202 g/mol. The first-order valence-corrected chi connectivity index (χ1v) is 4.82. The first-order chi connectivity index (χ1) is 7.05. The average Bonchev–Trinajstić information content (AvgIpc) is 2.17. The predicted octanol–water partition coefficient (Wildman–Crippen LogP) is -1.50. The van der Waals surface area contributed by atoms with E-state index in [-0.39, 0.29) is 39.2 Å². The van der Waals surface area contributed by atoms with Crippen molar-refractivity contribution in [3.63, 3.8) is 0 Å². The predicted molar refractivity (Wildman–Crippen MR) is 53.5 cm³/mol. The number of likely N-dealkylation sites (N-methyl/N-ethyl adjacent to an activating group) is 1. The summed E-state index contributed by atoms with van der Waals surface area (Å²) in [4.78, 5) is 12.6. The van der Waals surface area contributed by atoms with Crippen LogP contribution < -0.4 is 0 Å². The molecule has 0 saturated heterocycles. The average molecular weight is 221 g/mol. The third-order valence-corrected chi connectivity index (χ3v) is 2.61. The van der Waals surface area contributed by atoms with Crippen molar-refractivity contribution in [2.75, 3.05) is 33.4 Å². The van der Waals surface area contributed by atoms with E-state index in [0.29, 0.717) is 0 Å². The van der Waals surface area contributed by atoms with Crippen LogP contribution in [0.15, 0.2) is 0 Å². The number of aliphatic carboxylic acids is 1. The molecule has 0 bridgehead atoms. The summed E-state index contributed by atoms with van der Waals surface area (Å²) < 4.78 is 0. The van der Waals surface area contributed by atoms with Gasteiger partial charge in [0.2, 0.25) is 0 Å². The first-order valence-electron chi connectivity index (χ1n) is 4.82. The fourth-order valence-corrected chi connectivity index (χ4v) is 1.62. The third-order valence-electron chi connectivity index (χ3n) is 2.61. The number of rotatable bonds is 8. The van der Waals surface area contributed by atoms with Gasteiger partial charge < -0.3 is 20.4 Å². The Morgan fingerprint density at radius 2 is 1.60 bits per heavy atom. The summed E-state index contributed by atoms with van der Waals surface area (Å²) >= 11 is 0. The Bertz CT molecular complexity index is 191.